The fourth-order valence-electron chi connectivity index (χ4n) is 1.41. The molecule has 1 heterocycles. The van der Waals surface area contributed by atoms with E-state index >= 15 is 0 Å². The number of Topliss-reactive ketones (excluding diaryl/α,β-unsaturated/α-hetero) is 1. The maximum atomic E-state index is 10.9. The van der Waals surface area contributed by atoms with Gasteiger partial charge in [0.1, 0.15) is 17.3 Å². The minimum absolute atomic E-state index is 0.0139. The van der Waals surface area contributed by atoms with Gasteiger partial charge in [-0.15, -0.1) is 0 Å². The van der Waals surface area contributed by atoms with Gasteiger partial charge in [0, 0.05) is 0 Å². The average Bonchev–Trinajstić information content (AvgIpc) is 2.66. The number of oxazole rings is 1. The summed E-state index contributed by atoms with van der Waals surface area (Å²) in [6.07, 6.45) is 1.73. The molecule has 1 N–H and O–H groups in total. The summed E-state index contributed by atoms with van der Waals surface area (Å²) in [7, 11) is 0. The number of ketones is 1. The van der Waals surface area contributed by atoms with Crippen LogP contribution in [0.2, 0.25) is 0 Å². The molecule has 4 nitrogen and oxygen atoms in total. The number of hydrogen-bond donors (Lipinski definition) is 1. The van der Waals surface area contributed by atoms with E-state index in [4.69, 9.17) is 4.42 Å². The lowest BCUT2D eigenvalue weighted by Crippen LogP contribution is -1.93. The highest BCUT2D eigenvalue weighted by molar-refractivity contribution is 5.77. The van der Waals surface area contributed by atoms with Gasteiger partial charge in [-0.2, -0.15) is 0 Å². The summed E-state index contributed by atoms with van der Waals surface area (Å²) in [6, 6.07) is 6.77. The van der Waals surface area contributed by atoms with Crippen LogP contribution in [-0.4, -0.2) is 15.9 Å². The third kappa shape index (κ3) is 2.11. The van der Waals surface area contributed by atoms with Crippen LogP contribution in [0.15, 0.2) is 34.9 Å². The van der Waals surface area contributed by atoms with E-state index in [1.807, 2.05) is 0 Å². The highest BCUT2D eigenvalue weighted by Crippen LogP contribution is 2.27. The van der Waals surface area contributed by atoms with Gasteiger partial charge in [0.2, 0.25) is 5.89 Å². The van der Waals surface area contributed by atoms with Crippen LogP contribution in [0.25, 0.3) is 11.5 Å². The van der Waals surface area contributed by atoms with Crippen LogP contribution in [0.5, 0.6) is 5.75 Å². The molecule has 16 heavy (non-hydrogen) atoms. The van der Waals surface area contributed by atoms with Gasteiger partial charge in [0.25, 0.3) is 0 Å². The first-order valence-corrected chi connectivity index (χ1v) is 4.89. The van der Waals surface area contributed by atoms with E-state index in [2.05, 4.69) is 4.98 Å². The quantitative estimate of drug-likeness (QED) is 0.855. The molecule has 0 radical (unpaired) electrons. The molecule has 0 spiro atoms. The third-order valence-electron chi connectivity index (χ3n) is 2.11. The third-order valence-corrected chi connectivity index (χ3v) is 2.11. The van der Waals surface area contributed by atoms with E-state index in [0.29, 0.717) is 17.2 Å². The SMILES string of the molecule is CC(=O)Cc1cnc(-c2ccccc2O)o1. The van der Waals surface area contributed by atoms with Gasteiger partial charge in [-0.25, -0.2) is 4.98 Å². The van der Waals surface area contributed by atoms with Crippen molar-refractivity contribution in [3.05, 3.63) is 36.2 Å². The summed E-state index contributed by atoms with van der Waals surface area (Å²) in [5, 5.41) is 9.59. The number of rotatable bonds is 3. The molecule has 0 amide bonds. The zero-order valence-electron chi connectivity index (χ0n) is 8.80. The first-order valence-electron chi connectivity index (χ1n) is 4.89. The van der Waals surface area contributed by atoms with Crippen molar-refractivity contribution in [1.29, 1.82) is 0 Å². The summed E-state index contributed by atoms with van der Waals surface area (Å²) in [4.78, 5) is 14.9. The Morgan fingerprint density at radius 1 is 1.44 bits per heavy atom. The monoisotopic (exact) mass is 217 g/mol. The second-order valence-corrected chi connectivity index (χ2v) is 3.53. The molecule has 0 fully saturated rings. The van der Waals surface area contributed by atoms with Crippen LogP contribution in [0.1, 0.15) is 12.7 Å². The Labute approximate surface area is 92.6 Å². The molecule has 0 aliphatic heterocycles. The van der Waals surface area contributed by atoms with Crippen molar-refractivity contribution < 1.29 is 14.3 Å². The number of benzene rings is 1. The predicted octanol–water partition coefficient (Wildman–Crippen LogP) is 2.18. The van der Waals surface area contributed by atoms with Gasteiger partial charge in [0.05, 0.1) is 18.2 Å². The molecule has 2 rings (SSSR count). The van der Waals surface area contributed by atoms with E-state index in [-0.39, 0.29) is 18.0 Å². The Kier molecular flexibility index (Phi) is 2.72. The first kappa shape index (κ1) is 10.4. The molecule has 1 aromatic heterocycles. The molecule has 0 saturated heterocycles. The zero-order valence-corrected chi connectivity index (χ0v) is 8.80. The van der Waals surface area contributed by atoms with Crippen LogP contribution in [0.3, 0.4) is 0 Å². The number of phenolic OH excluding ortho intramolecular Hbond substituents is 1. The predicted molar refractivity (Wildman–Crippen MR) is 58.0 cm³/mol. The fraction of sp³-hybridized carbons (Fsp3) is 0.167. The molecule has 0 aliphatic rings. The van der Waals surface area contributed by atoms with Crippen molar-refractivity contribution in [2.24, 2.45) is 0 Å². The van der Waals surface area contributed by atoms with E-state index < -0.39 is 0 Å². The second-order valence-electron chi connectivity index (χ2n) is 3.53. The Bertz CT molecular complexity index is 516. The fourth-order valence-corrected chi connectivity index (χ4v) is 1.41. The number of aromatic nitrogens is 1. The Hall–Kier alpha value is -2.10. The van der Waals surface area contributed by atoms with Gasteiger partial charge in [0.15, 0.2) is 0 Å². The number of nitrogens with zero attached hydrogens (tertiary/aromatic N) is 1. The highest BCUT2D eigenvalue weighted by atomic mass is 16.4. The summed E-state index contributed by atoms with van der Waals surface area (Å²) in [5.74, 6) is 0.957. The lowest BCUT2D eigenvalue weighted by Gasteiger charge is -1.98. The second kappa shape index (κ2) is 4.18. The van der Waals surface area contributed by atoms with Gasteiger partial charge in [-0.3, -0.25) is 4.79 Å². The van der Waals surface area contributed by atoms with Gasteiger partial charge in [-0.05, 0) is 19.1 Å². The lowest BCUT2D eigenvalue weighted by molar-refractivity contribution is -0.116. The van der Waals surface area contributed by atoms with Crippen molar-refractivity contribution >= 4 is 5.78 Å². The van der Waals surface area contributed by atoms with E-state index in [9.17, 15) is 9.90 Å². The summed E-state index contributed by atoms with van der Waals surface area (Å²) in [6.45, 7) is 1.49. The molecular weight excluding hydrogens is 206 g/mol. The minimum atomic E-state index is 0.0139. The number of hydrogen-bond acceptors (Lipinski definition) is 4. The summed E-state index contributed by atoms with van der Waals surface area (Å²) < 4.78 is 5.37. The summed E-state index contributed by atoms with van der Waals surface area (Å²) in [5.41, 5.74) is 0.525. The molecule has 1 aromatic carbocycles. The Morgan fingerprint density at radius 2 is 2.19 bits per heavy atom. The molecule has 0 aliphatic carbocycles. The molecule has 2 aromatic rings. The van der Waals surface area contributed by atoms with E-state index in [1.54, 1.807) is 24.3 Å². The van der Waals surface area contributed by atoms with E-state index in [0.717, 1.165) is 0 Å². The Balaban J connectivity index is 2.32. The van der Waals surface area contributed by atoms with E-state index in [1.165, 1.54) is 13.1 Å². The smallest absolute Gasteiger partial charge is 0.230 e. The highest BCUT2D eigenvalue weighted by Gasteiger charge is 2.11. The van der Waals surface area contributed by atoms with Gasteiger partial charge < -0.3 is 9.52 Å². The van der Waals surface area contributed by atoms with Gasteiger partial charge >= 0.3 is 0 Å². The van der Waals surface area contributed by atoms with Crippen molar-refractivity contribution in [1.82, 2.24) is 4.98 Å². The molecular formula is C12H11NO3. The number of carbonyl (C=O) groups is 1. The van der Waals surface area contributed by atoms with Gasteiger partial charge in [-0.1, -0.05) is 12.1 Å². The largest absolute Gasteiger partial charge is 0.507 e. The number of aromatic hydroxyl groups is 1. The topological polar surface area (TPSA) is 63.3 Å². The molecule has 0 unspecified atom stereocenters. The molecule has 4 heteroatoms. The standard InChI is InChI=1S/C12H11NO3/c1-8(14)6-9-7-13-12(16-9)10-4-2-3-5-11(10)15/h2-5,7,15H,6H2,1H3. The van der Waals surface area contributed by atoms with Crippen molar-refractivity contribution in [2.45, 2.75) is 13.3 Å². The van der Waals surface area contributed by atoms with Crippen LogP contribution in [0, 0.1) is 0 Å². The first-order chi connectivity index (χ1) is 7.66. The molecule has 82 valence electrons. The maximum absolute atomic E-state index is 10.9. The normalized spacial score (nSPS) is 10.3. The van der Waals surface area contributed by atoms with Crippen LogP contribution < -0.4 is 0 Å². The minimum Gasteiger partial charge on any atom is -0.507 e. The summed E-state index contributed by atoms with van der Waals surface area (Å²) >= 11 is 0. The zero-order chi connectivity index (χ0) is 11.5. The maximum Gasteiger partial charge on any atom is 0.230 e. The Morgan fingerprint density at radius 3 is 2.88 bits per heavy atom. The molecule has 0 saturated carbocycles. The number of carbonyl (C=O) groups excluding carboxylic acids is 1. The van der Waals surface area contributed by atoms with Crippen molar-refractivity contribution in [2.75, 3.05) is 0 Å². The molecule has 0 atom stereocenters. The van der Waals surface area contributed by atoms with Crippen LogP contribution >= 0.6 is 0 Å². The van der Waals surface area contributed by atoms with Crippen LogP contribution in [0.4, 0.5) is 0 Å². The molecule has 0 bridgehead atoms. The van der Waals surface area contributed by atoms with Crippen molar-refractivity contribution in [3.8, 4) is 17.2 Å². The van der Waals surface area contributed by atoms with Crippen LogP contribution in [-0.2, 0) is 11.2 Å². The van der Waals surface area contributed by atoms with Crippen molar-refractivity contribution in [3.63, 3.8) is 0 Å². The number of para-hydroxylation sites is 1. The lowest BCUT2D eigenvalue weighted by atomic mass is 10.2. The average molecular weight is 217 g/mol. The number of phenols is 1.